The molecule has 0 aliphatic heterocycles. The molecule has 0 saturated heterocycles. The van der Waals surface area contributed by atoms with Crippen molar-refractivity contribution in [1.29, 1.82) is 0 Å². The van der Waals surface area contributed by atoms with E-state index in [1.54, 1.807) is 0 Å². The topological polar surface area (TPSA) is 72.5 Å². The van der Waals surface area contributed by atoms with E-state index in [9.17, 15) is 4.79 Å². The Kier molecular flexibility index (Phi) is 4.23. The maximum atomic E-state index is 10.8. The average molecular weight is 194 g/mol. The molecule has 0 aromatic carbocycles. The van der Waals surface area contributed by atoms with Gasteiger partial charge in [0.05, 0.1) is 13.2 Å². The van der Waals surface area contributed by atoms with Gasteiger partial charge in [0.2, 0.25) is 0 Å². The van der Waals surface area contributed by atoms with Gasteiger partial charge in [0.15, 0.2) is 0 Å². The number of halogens is 1. The van der Waals surface area contributed by atoms with Gasteiger partial charge in [-0.2, -0.15) is 0 Å². The van der Waals surface area contributed by atoms with Gasteiger partial charge in [-0.1, -0.05) is 0 Å². The van der Waals surface area contributed by atoms with Crippen molar-refractivity contribution in [3.8, 4) is 0 Å². The van der Waals surface area contributed by atoms with Crippen molar-refractivity contribution < 1.29 is 14.6 Å². The first-order valence-corrected chi connectivity index (χ1v) is 3.38. The number of nitrogens with two attached hydrogens (primary N) is 1. The van der Waals surface area contributed by atoms with Gasteiger partial charge >= 0.3 is 5.97 Å². The molecule has 0 spiro atoms. The van der Waals surface area contributed by atoms with Crippen molar-refractivity contribution >= 4 is 18.4 Å². The van der Waals surface area contributed by atoms with Gasteiger partial charge in [-0.15, -0.1) is 12.4 Å². The Hall–Kier alpha value is -0.580. The predicted molar refractivity (Wildman–Crippen MR) is 45.9 cm³/mol. The molecule has 1 rings (SSSR count). The maximum Gasteiger partial charge on any atom is 0.333 e. The van der Waals surface area contributed by atoms with Gasteiger partial charge in [0.1, 0.15) is 0 Å². The fraction of sp³-hybridized carbons (Fsp3) is 0.571. The van der Waals surface area contributed by atoms with E-state index >= 15 is 0 Å². The zero-order valence-corrected chi connectivity index (χ0v) is 7.50. The van der Waals surface area contributed by atoms with E-state index in [-0.39, 0.29) is 18.4 Å². The third kappa shape index (κ3) is 2.20. The quantitative estimate of drug-likeness (QED) is 0.556. The second kappa shape index (κ2) is 4.45. The van der Waals surface area contributed by atoms with E-state index in [1.807, 2.05) is 0 Å². The SMILES string of the molecule is COC(=O)C1=C[C@H](O)[C@H](N)C1.Cl. The molecule has 1 aliphatic rings. The number of carbonyl (C=O) groups is 1. The van der Waals surface area contributed by atoms with Gasteiger partial charge in [-0.3, -0.25) is 0 Å². The number of hydrogen-bond acceptors (Lipinski definition) is 4. The van der Waals surface area contributed by atoms with Crippen molar-refractivity contribution in [3.05, 3.63) is 11.6 Å². The highest BCUT2D eigenvalue weighted by Gasteiger charge is 2.26. The number of hydrogen-bond donors (Lipinski definition) is 2. The monoisotopic (exact) mass is 193 g/mol. The lowest BCUT2D eigenvalue weighted by molar-refractivity contribution is -0.136. The average Bonchev–Trinajstić information content (AvgIpc) is 2.31. The number of aliphatic hydroxyl groups is 1. The number of ether oxygens (including phenoxy) is 1. The van der Waals surface area contributed by atoms with Crippen molar-refractivity contribution in [2.24, 2.45) is 5.73 Å². The highest BCUT2D eigenvalue weighted by Crippen LogP contribution is 2.18. The summed E-state index contributed by atoms with van der Waals surface area (Å²) in [6, 6.07) is -0.357. The summed E-state index contributed by atoms with van der Waals surface area (Å²) in [5, 5.41) is 9.10. The van der Waals surface area contributed by atoms with Crippen LogP contribution in [0.2, 0.25) is 0 Å². The lowest BCUT2D eigenvalue weighted by atomic mass is 10.2. The molecule has 5 heteroatoms. The molecular formula is C7H12ClNO3. The van der Waals surface area contributed by atoms with Crippen LogP contribution < -0.4 is 5.73 Å². The fourth-order valence-corrected chi connectivity index (χ4v) is 1.05. The van der Waals surface area contributed by atoms with E-state index in [0.717, 1.165) is 0 Å². The van der Waals surface area contributed by atoms with E-state index in [2.05, 4.69) is 4.74 Å². The van der Waals surface area contributed by atoms with Crippen molar-refractivity contribution in [1.82, 2.24) is 0 Å². The molecule has 70 valence electrons. The summed E-state index contributed by atoms with van der Waals surface area (Å²) < 4.78 is 4.46. The second-order valence-corrected chi connectivity index (χ2v) is 2.54. The first-order valence-electron chi connectivity index (χ1n) is 3.38. The molecule has 0 bridgehead atoms. The smallest absolute Gasteiger partial charge is 0.333 e. The van der Waals surface area contributed by atoms with Crippen molar-refractivity contribution in [2.45, 2.75) is 18.6 Å². The van der Waals surface area contributed by atoms with Gasteiger partial charge in [0, 0.05) is 11.6 Å². The molecule has 2 atom stereocenters. The largest absolute Gasteiger partial charge is 0.466 e. The van der Waals surface area contributed by atoms with Crippen molar-refractivity contribution in [2.75, 3.05) is 7.11 Å². The number of rotatable bonds is 1. The molecule has 1 aliphatic carbocycles. The highest BCUT2D eigenvalue weighted by molar-refractivity contribution is 5.89. The lowest BCUT2D eigenvalue weighted by Crippen LogP contribution is -2.29. The number of methoxy groups -OCH3 is 1. The minimum absolute atomic E-state index is 0. The fourth-order valence-electron chi connectivity index (χ4n) is 1.05. The standard InChI is InChI=1S/C7H11NO3.ClH/c1-11-7(10)4-2-5(8)6(9)3-4;/h3,5-6,9H,2,8H2,1H3;1H/t5-,6+;/m1./s1. The van der Waals surface area contributed by atoms with Crippen molar-refractivity contribution in [3.63, 3.8) is 0 Å². The summed E-state index contributed by atoms with van der Waals surface area (Å²) in [6.07, 6.45) is 1.13. The molecule has 0 amide bonds. The Morgan fingerprint density at radius 2 is 2.42 bits per heavy atom. The Morgan fingerprint density at radius 3 is 2.75 bits per heavy atom. The van der Waals surface area contributed by atoms with Gasteiger partial charge in [0.25, 0.3) is 0 Å². The first kappa shape index (κ1) is 11.4. The molecule has 0 saturated carbocycles. The Bertz CT molecular complexity index is 205. The molecule has 0 unspecified atom stereocenters. The minimum Gasteiger partial charge on any atom is -0.466 e. The molecule has 0 radical (unpaired) electrons. The number of aliphatic hydroxyl groups excluding tert-OH is 1. The third-order valence-electron chi connectivity index (χ3n) is 1.71. The number of esters is 1. The van der Waals surface area contributed by atoms with Crippen LogP contribution in [0, 0.1) is 0 Å². The van der Waals surface area contributed by atoms with E-state index in [0.29, 0.717) is 12.0 Å². The highest BCUT2D eigenvalue weighted by atomic mass is 35.5. The summed E-state index contributed by atoms with van der Waals surface area (Å²) >= 11 is 0. The zero-order valence-electron chi connectivity index (χ0n) is 6.69. The Morgan fingerprint density at radius 1 is 1.83 bits per heavy atom. The van der Waals surface area contributed by atoms with Crippen LogP contribution in [0.25, 0.3) is 0 Å². The molecule has 0 aromatic rings. The summed E-state index contributed by atoms with van der Waals surface area (Å²) in [4.78, 5) is 10.8. The van der Waals surface area contributed by atoms with Crippen LogP contribution in [0.15, 0.2) is 11.6 Å². The van der Waals surface area contributed by atoms with Gasteiger partial charge < -0.3 is 15.6 Å². The van der Waals surface area contributed by atoms with Crippen LogP contribution in [-0.4, -0.2) is 30.3 Å². The zero-order chi connectivity index (χ0) is 8.43. The van der Waals surface area contributed by atoms with E-state index in [1.165, 1.54) is 13.2 Å². The Labute approximate surface area is 76.8 Å². The normalized spacial score (nSPS) is 27.4. The Balaban J connectivity index is 0.00000121. The minimum atomic E-state index is -0.705. The first-order chi connectivity index (χ1) is 5.15. The van der Waals surface area contributed by atoms with Crippen LogP contribution in [0.4, 0.5) is 0 Å². The van der Waals surface area contributed by atoms with Crippen LogP contribution >= 0.6 is 12.4 Å². The van der Waals surface area contributed by atoms with Gasteiger partial charge in [-0.25, -0.2) is 4.79 Å². The maximum absolute atomic E-state index is 10.8. The third-order valence-corrected chi connectivity index (χ3v) is 1.71. The summed E-state index contributed by atoms with van der Waals surface area (Å²) in [5.74, 6) is -0.406. The lowest BCUT2D eigenvalue weighted by Gasteiger charge is -2.05. The molecule has 0 heterocycles. The van der Waals surface area contributed by atoms with E-state index in [4.69, 9.17) is 10.8 Å². The molecular weight excluding hydrogens is 182 g/mol. The van der Waals surface area contributed by atoms with Crippen LogP contribution in [0.1, 0.15) is 6.42 Å². The van der Waals surface area contributed by atoms with Crippen LogP contribution in [-0.2, 0) is 9.53 Å². The summed E-state index contributed by atoms with van der Waals surface area (Å²) in [7, 11) is 1.30. The molecule has 0 aromatic heterocycles. The van der Waals surface area contributed by atoms with E-state index < -0.39 is 12.1 Å². The van der Waals surface area contributed by atoms with Crippen LogP contribution in [0.5, 0.6) is 0 Å². The summed E-state index contributed by atoms with van der Waals surface area (Å²) in [6.45, 7) is 0. The molecule has 3 N–H and O–H groups in total. The predicted octanol–water partition coefficient (Wildman–Crippen LogP) is -0.401. The molecule has 0 fully saturated rings. The van der Waals surface area contributed by atoms with Crippen LogP contribution in [0.3, 0.4) is 0 Å². The molecule has 12 heavy (non-hydrogen) atoms. The summed E-state index contributed by atoms with van der Waals surface area (Å²) in [5.41, 5.74) is 5.92. The molecule has 4 nitrogen and oxygen atoms in total. The second-order valence-electron chi connectivity index (χ2n) is 2.54. The number of carbonyl (C=O) groups excluding carboxylic acids is 1. The van der Waals surface area contributed by atoms with Gasteiger partial charge in [-0.05, 0) is 12.5 Å².